The molecule has 0 bridgehead atoms. The highest BCUT2D eigenvalue weighted by atomic mass is 16.3. The number of fused-ring (bicyclic) bond motifs is 13. The first-order valence-electron chi connectivity index (χ1n) is 24.0. The van der Waals surface area contributed by atoms with Crippen molar-refractivity contribution >= 4 is 82.1 Å². The Kier molecular flexibility index (Phi) is 8.66. The smallest absolute Gasteiger partial charge is 0.136 e. The fraction of sp³-hybridized carbons (Fsp3) is 0.0448. The van der Waals surface area contributed by atoms with E-state index in [0.29, 0.717) is 0 Å². The minimum atomic E-state index is -0.178. The van der Waals surface area contributed by atoms with Gasteiger partial charge in [0.05, 0.1) is 5.69 Å². The molecule has 0 spiro atoms. The third-order valence-electron chi connectivity index (χ3n) is 15.0. The number of anilines is 3. The minimum absolute atomic E-state index is 0.178. The predicted octanol–water partition coefficient (Wildman–Crippen LogP) is 19.0. The Hall–Kier alpha value is -8.72. The van der Waals surface area contributed by atoms with Crippen LogP contribution < -0.4 is 4.90 Å². The number of nitrogens with zero attached hydrogens (tertiary/aromatic N) is 1. The fourth-order valence-electron chi connectivity index (χ4n) is 11.6. The molecule has 0 saturated carbocycles. The van der Waals surface area contributed by atoms with Crippen LogP contribution in [0.4, 0.5) is 17.1 Å². The summed E-state index contributed by atoms with van der Waals surface area (Å²) in [5.74, 6) is 0. The molecule has 1 heterocycles. The maximum atomic E-state index is 6.36. The molecule has 0 amide bonds. The van der Waals surface area contributed by atoms with Gasteiger partial charge in [0.1, 0.15) is 11.2 Å². The van der Waals surface area contributed by atoms with Gasteiger partial charge in [0, 0.05) is 33.1 Å². The maximum absolute atomic E-state index is 6.36. The van der Waals surface area contributed by atoms with Gasteiger partial charge in [-0.25, -0.2) is 0 Å². The first-order chi connectivity index (χ1) is 33.9. The summed E-state index contributed by atoms with van der Waals surface area (Å²) in [6.45, 7) is 4.74. The number of hydrogen-bond donors (Lipinski definition) is 0. The molecule has 1 aliphatic carbocycles. The van der Waals surface area contributed by atoms with E-state index in [1.165, 1.54) is 76.5 Å². The summed E-state index contributed by atoms with van der Waals surface area (Å²) < 4.78 is 6.36. The van der Waals surface area contributed by atoms with Crippen LogP contribution >= 0.6 is 0 Å². The van der Waals surface area contributed by atoms with Gasteiger partial charge in [0.15, 0.2) is 0 Å². The second-order valence-corrected chi connectivity index (χ2v) is 19.2. The molecule has 0 saturated heterocycles. The number of rotatable bonds is 6. The number of para-hydroxylation sites is 1. The van der Waals surface area contributed by atoms with E-state index in [0.717, 1.165) is 61.3 Å². The van der Waals surface area contributed by atoms with Crippen molar-refractivity contribution in [2.24, 2.45) is 0 Å². The van der Waals surface area contributed by atoms with Crippen LogP contribution in [0, 0.1) is 0 Å². The highest BCUT2D eigenvalue weighted by molar-refractivity contribution is 6.27. The third kappa shape index (κ3) is 6.19. The van der Waals surface area contributed by atoms with Gasteiger partial charge in [0.2, 0.25) is 0 Å². The molecule has 0 unspecified atom stereocenters. The van der Waals surface area contributed by atoms with Crippen LogP contribution in [0.2, 0.25) is 0 Å². The topological polar surface area (TPSA) is 16.4 Å². The van der Waals surface area contributed by atoms with Crippen molar-refractivity contribution in [2.45, 2.75) is 19.3 Å². The SMILES string of the molecule is CC1(C)c2ccccc2-c2ccc(N(c3ccc(-c4ccc5c(c4)oc4ccccc45)cc3)c3cc4c5ccccc5c5ccccc5c4cc3-c3cccc(-c4ccc5ccccc5c4)c3)cc21. The Balaban J connectivity index is 1.02. The van der Waals surface area contributed by atoms with Gasteiger partial charge in [-0.05, 0) is 160 Å². The van der Waals surface area contributed by atoms with E-state index in [1.54, 1.807) is 0 Å². The van der Waals surface area contributed by atoms with Crippen LogP contribution in [0.1, 0.15) is 25.0 Å². The lowest BCUT2D eigenvalue weighted by Crippen LogP contribution is -2.17. The molecule has 2 heteroatoms. The molecule has 0 N–H and O–H groups in total. The van der Waals surface area contributed by atoms with Crippen molar-refractivity contribution in [3.8, 4) is 44.5 Å². The van der Waals surface area contributed by atoms with E-state index in [4.69, 9.17) is 4.42 Å². The van der Waals surface area contributed by atoms with Crippen LogP contribution in [0.3, 0.4) is 0 Å². The third-order valence-corrected chi connectivity index (χ3v) is 15.0. The Labute approximate surface area is 401 Å². The van der Waals surface area contributed by atoms with Crippen LogP contribution in [0.15, 0.2) is 241 Å². The van der Waals surface area contributed by atoms with Crippen molar-refractivity contribution in [2.75, 3.05) is 4.90 Å². The average Bonchev–Trinajstić information content (AvgIpc) is 3.89. The Bertz CT molecular complexity index is 4230. The van der Waals surface area contributed by atoms with Crippen LogP contribution in [0.5, 0.6) is 0 Å². The molecule has 0 atom stereocenters. The van der Waals surface area contributed by atoms with Crippen LogP contribution in [0.25, 0.3) is 110 Å². The summed E-state index contributed by atoms with van der Waals surface area (Å²) in [7, 11) is 0. The lowest BCUT2D eigenvalue weighted by atomic mass is 9.82. The Morgan fingerprint density at radius 1 is 0.304 bits per heavy atom. The molecule has 1 aromatic heterocycles. The number of furan rings is 1. The molecule has 14 rings (SSSR count). The molecule has 12 aromatic carbocycles. The van der Waals surface area contributed by atoms with Gasteiger partial charge in [0.25, 0.3) is 0 Å². The van der Waals surface area contributed by atoms with Crippen molar-refractivity contribution in [1.82, 2.24) is 0 Å². The van der Waals surface area contributed by atoms with E-state index in [1.807, 2.05) is 12.1 Å². The first kappa shape index (κ1) is 39.4. The van der Waals surface area contributed by atoms with E-state index >= 15 is 0 Å². The summed E-state index contributed by atoms with van der Waals surface area (Å²) in [6, 6.07) is 87.4. The van der Waals surface area contributed by atoms with E-state index < -0.39 is 0 Å². The number of benzene rings is 12. The Morgan fingerprint density at radius 2 is 0.870 bits per heavy atom. The monoisotopic (exact) mass is 879 g/mol. The van der Waals surface area contributed by atoms with E-state index in [2.05, 4.69) is 243 Å². The normalized spacial score (nSPS) is 12.9. The first-order valence-corrected chi connectivity index (χ1v) is 24.0. The van der Waals surface area contributed by atoms with Crippen molar-refractivity contribution in [3.05, 3.63) is 248 Å². The number of hydrogen-bond acceptors (Lipinski definition) is 2. The second kappa shape index (κ2) is 15.2. The van der Waals surface area contributed by atoms with E-state index in [-0.39, 0.29) is 5.41 Å². The molecule has 2 nitrogen and oxygen atoms in total. The lowest BCUT2D eigenvalue weighted by Gasteiger charge is -2.30. The van der Waals surface area contributed by atoms with E-state index in [9.17, 15) is 0 Å². The van der Waals surface area contributed by atoms with Gasteiger partial charge in [-0.2, -0.15) is 0 Å². The van der Waals surface area contributed by atoms with Crippen LogP contribution in [-0.2, 0) is 5.41 Å². The highest BCUT2D eigenvalue weighted by Gasteiger charge is 2.36. The summed E-state index contributed by atoms with van der Waals surface area (Å²) in [5, 5.41) is 12.2. The van der Waals surface area contributed by atoms with Gasteiger partial charge in [-0.1, -0.05) is 184 Å². The Morgan fingerprint density at radius 3 is 1.67 bits per heavy atom. The molecule has 13 aromatic rings. The summed E-state index contributed by atoms with van der Waals surface area (Å²) in [4.78, 5) is 2.51. The minimum Gasteiger partial charge on any atom is -0.456 e. The van der Waals surface area contributed by atoms with Gasteiger partial charge >= 0.3 is 0 Å². The standard InChI is InChI=1S/C67H45NO/c1-67(2)62-24-11-9-22-55(62)56-35-33-50(39-63(56)67)68(49-31-28-43(29-32-49)47-30-34-58-57-23-10-12-25-65(57)69-66(58)38-47)64-41-61-54-21-8-6-19-52(54)51-18-5-7-20-53(51)60(61)40-59(64)48-17-13-16-45(37-48)46-27-26-42-14-3-4-15-44(42)36-46/h3-41H,1-2H3. The maximum Gasteiger partial charge on any atom is 0.136 e. The zero-order valence-corrected chi connectivity index (χ0v) is 38.4. The molecule has 1 aliphatic rings. The quantitative estimate of drug-likeness (QED) is 0.155. The van der Waals surface area contributed by atoms with Gasteiger partial charge in [-0.3, -0.25) is 0 Å². The van der Waals surface area contributed by atoms with Gasteiger partial charge in [-0.15, -0.1) is 0 Å². The van der Waals surface area contributed by atoms with Crippen molar-refractivity contribution < 1.29 is 4.42 Å². The highest BCUT2D eigenvalue weighted by Crippen LogP contribution is 2.52. The van der Waals surface area contributed by atoms with Gasteiger partial charge < -0.3 is 9.32 Å². The molecule has 69 heavy (non-hydrogen) atoms. The zero-order chi connectivity index (χ0) is 45.8. The molecule has 0 fully saturated rings. The fourth-order valence-corrected chi connectivity index (χ4v) is 11.6. The largest absolute Gasteiger partial charge is 0.456 e. The average molecular weight is 880 g/mol. The predicted molar refractivity (Wildman–Crippen MR) is 292 cm³/mol. The lowest BCUT2D eigenvalue weighted by molar-refractivity contribution is 0.660. The molecular weight excluding hydrogens is 835 g/mol. The second-order valence-electron chi connectivity index (χ2n) is 19.2. The summed E-state index contributed by atoms with van der Waals surface area (Å²) in [5.41, 5.74) is 17.2. The zero-order valence-electron chi connectivity index (χ0n) is 38.4. The van der Waals surface area contributed by atoms with Crippen LogP contribution in [-0.4, -0.2) is 0 Å². The van der Waals surface area contributed by atoms with Crippen molar-refractivity contribution in [3.63, 3.8) is 0 Å². The summed E-state index contributed by atoms with van der Waals surface area (Å²) >= 11 is 0. The van der Waals surface area contributed by atoms with Crippen molar-refractivity contribution in [1.29, 1.82) is 0 Å². The summed E-state index contributed by atoms with van der Waals surface area (Å²) in [6.07, 6.45) is 0. The molecule has 0 radical (unpaired) electrons. The molecular formula is C67H45NO. The molecule has 0 aliphatic heterocycles. The molecule has 324 valence electrons.